The first kappa shape index (κ1) is 12.8. The number of para-hydroxylation sites is 1. The average Bonchev–Trinajstić information content (AvgIpc) is 2.91. The summed E-state index contributed by atoms with van der Waals surface area (Å²) in [5.74, 6) is 0. The normalized spacial score (nSPS) is 10.7. The summed E-state index contributed by atoms with van der Waals surface area (Å²) < 4.78 is 0. The van der Waals surface area contributed by atoms with Crippen LogP contribution in [0.25, 0.3) is 16.6 Å². The quantitative estimate of drug-likeness (QED) is 0.678. The number of fused-ring (bicyclic) bond motifs is 1. The molecule has 0 radical (unpaired) electrons. The van der Waals surface area contributed by atoms with Crippen LogP contribution < -0.4 is 5.32 Å². The van der Waals surface area contributed by atoms with Crippen LogP contribution in [0, 0.1) is 6.92 Å². The van der Waals surface area contributed by atoms with Gasteiger partial charge in [-0.25, -0.2) is 0 Å². The van der Waals surface area contributed by atoms with Crippen LogP contribution in [0.2, 0.25) is 5.02 Å². The van der Waals surface area contributed by atoms with Crippen molar-refractivity contribution in [2.75, 3.05) is 5.32 Å². The van der Waals surface area contributed by atoms with Gasteiger partial charge >= 0.3 is 0 Å². The number of rotatable bonds is 3. The van der Waals surface area contributed by atoms with E-state index >= 15 is 0 Å². The minimum absolute atomic E-state index is 0.701. The Morgan fingerprint density at radius 1 is 1.20 bits per heavy atom. The lowest BCUT2D eigenvalue weighted by Gasteiger charge is -2.13. The number of nitrogens with one attached hydrogen (secondary N) is 2. The van der Waals surface area contributed by atoms with E-state index in [0.29, 0.717) is 5.02 Å². The molecular formula is C17H15ClN2. The van der Waals surface area contributed by atoms with Gasteiger partial charge in [0.1, 0.15) is 0 Å². The molecule has 0 bridgehead atoms. The fourth-order valence-electron chi connectivity index (χ4n) is 2.29. The zero-order chi connectivity index (χ0) is 14.1. The van der Waals surface area contributed by atoms with E-state index in [9.17, 15) is 0 Å². The standard InChI is InChI=1S/C17H15ClN2/c1-11-6-7-15(18)14(10-11)12(2)20-16-5-3-4-13-8-9-19-17(13)16/h3-10,19-20H,2H2,1H3. The van der Waals surface area contributed by atoms with Crippen LogP contribution in [0.3, 0.4) is 0 Å². The predicted octanol–water partition coefficient (Wildman–Crippen LogP) is 5.21. The van der Waals surface area contributed by atoms with Gasteiger partial charge in [0.05, 0.1) is 11.2 Å². The molecule has 0 aliphatic heterocycles. The molecule has 100 valence electrons. The Bertz CT molecular complexity index is 787. The molecule has 1 heterocycles. The van der Waals surface area contributed by atoms with Gasteiger partial charge in [0.2, 0.25) is 0 Å². The highest BCUT2D eigenvalue weighted by Gasteiger charge is 2.07. The van der Waals surface area contributed by atoms with Crippen molar-refractivity contribution in [1.29, 1.82) is 0 Å². The van der Waals surface area contributed by atoms with Crippen LogP contribution in [-0.2, 0) is 0 Å². The second-order valence-corrected chi connectivity index (χ2v) is 5.24. The molecule has 0 atom stereocenters. The number of aromatic nitrogens is 1. The lowest BCUT2D eigenvalue weighted by atomic mass is 10.1. The van der Waals surface area contributed by atoms with Crippen LogP contribution in [0.15, 0.2) is 55.2 Å². The summed E-state index contributed by atoms with van der Waals surface area (Å²) in [5, 5.41) is 5.21. The van der Waals surface area contributed by atoms with Crippen LogP contribution in [0.5, 0.6) is 0 Å². The smallest absolute Gasteiger partial charge is 0.0693 e. The van der Waals surface area contributed by atoms with Gasteiger partial charge in [0, 0.05) is 27.9 Å². The Balaban J connectivity index is 1.96. The molecule has 2 N–H and O–H groups in total. The average molecular weight is 283 g/mol. The Hall–Kier alpha value is -2.19. The lowest BCUT2D eigenvalue weighted by molar-refractivity contribution is 1.43. The monoisotopic (exact) mass is 282 g/mol. The molecule has 3 rings (SSSR count). The largest absolute Gasteiger partial charge is 0.359 e. The topological polar surface area (TPSA) is 27.8 Å². The highest BCUT2D eigenvalue weighted by Crippen LogP contribution is 2.28. The number of H-pyrrole nitrogens is 1. The molecular weight excluding hydrogens is 268 g/mol. The number of aryl methyl sites for hydroxylation is 1. The molecule has 3 heteroatoms. The molecule has 0 amide bonds. The van der Waals surface area contributed by atoms with Crippen molar-refractivity contribution in [3.05, 3.63) is 71.4 Å². The molecule has 0 aliphatic rings. The Morgan fingerprint density at radius 2 is 2.05 bits per heavy atom. The van der Waals surface area contributed by atoms with E-state index in [0.717, 1.165) is 33.4 Å². The van der Waals surface area contributed by atoms with Crippen molar-refractivity contribution in [1.82, 2.24) is 4.98 Å². The third kappa shape index (κ3) is 2.30. The van der Waals surface area contributed by atoms with Crippen LogP contribution in [0.4, 0.5) is 5.69 Å². The van der Waals surface area contributed by atoms with Gasteiger partial charge in [0.25, 0.3) is 0 Å². The van der Waals surface area contributed by atoms with Gasteiger partial charge in [0.15, 0.2) is 0 Å². The molecule has 20 heavy (non-hydrogen) atoms. The number of benzene rings is 2. The Kier molecular flexibility index (Phi) is 3.25. The van der Waals surface area contributed by atoms with Gasteiger partial charge in [-0.05, 0) is 31.2 Å². The maximum absolute atomic E-state index is 6.25. The number of hydrogen-bond donors (Lipinski definition) is 2. The summed E-state index contributed by atoms with van der Waals surface area (Å²) in [7, 11) is 0. The second-order valence-electron chi connectivity index (χ2n) is 4.83. The number of halogens is 1. The molecule has 0 saturated heterocycles. The Labute approximate surface area is 123 Å². The summed E-state index contributed by atoms with van der Waals surface area (Å²) in [5.41, 5.74) is 4.94. The highest BCUT2D eigenvalue weighted by molar-refractivity contribution is 6.32. The van der Waals surface area contributed by atoms with Crippen LogP contribution in [-0.4, -0.2) is 4.98 Å². The molecule has 0 aliphatic carbocycles. The molecule has 0 spiro atoms. The molecule has 0 fully saturated rings. The van der Waals surface area contributed by atoms with Crippen molar-refractivity contribution in [2.45, 2.75) is 6.92 Å². The molecule has 3 aromatic rings. The number of anilines is 1. The van der Waals surface area contributed by atoms with Gasteiger partial charge in [-0.1, -0.05) is 41.9 Å². The van der Waals surface area contributed by atoms with E-state index in [1.165, 1.54) is 0 Å². The fraction of sp³-hybridized carbons (Fsp3) is 0.0588. The van der Waals surface area contributed by atoms with Crippen LogP contribution in [0.1, 0.15) is 11.1 Å². The minimum atomic E-state index is 0.701. The first-order chi connectivity index (χ1) is 9.65. The van der Waals surface area contributed by atoms with Crippen molar-refractivity contribution in [3.8, 4) is 0 Å². The van der Waals surface area contributed by atoms with Crippen molar-refractivity contribution < 1.29 is 0 Å². The summed E-state index contributed by atoms with van der Waals surface area (Å²) in [6.45, 7) is 6.14. The van der Waals surface area contributed by atoms with E-state index in [1.807, 2.05) is 49.5 Å². The molecule has 2 nitrogen and oxygen atoms in total. The fourth-order valence-corrected chi connectivity index (χ4v) is 2.52. The highest BCUT2D eigenvalue weighted by atomic mass is 35.5. The van der Waals surface area contributed by atoms with E-state index in [2.05, 4.69) is 22.9 Å². The SMILES string of the molecule is C=C(Nc1cccc2cc[nH]c12)c1cc(C)ccc1Cl. The number of aromatic amines is 1. The van der Waals surface area contributed by atoms with Crippen LogP contribution >= 0.6 is 11.6 Å². The van der Waals surface area contributed by atoms with Crippen molar-refractivity contribution in [3.63, 3.8) is 0 Å². The Morgan fingerprint density at radius 3 is 2.90 bits per heavy atom. The van der Waals surface area contributed by atoms with E-state index in [1.54, 1.807) is 0 Å². The van der Waals surface area contributed by atoms with E-state index in [-0.39, 0.29) is 0 Å². The predicted molar refractivity (Wildman–Crippen MR) is 87.1 cm³/mol. The summed E-state index contributed by atoms with van der Waals surface area (Å²) in [6, 6.07) is 14.1. The van der Waals surface area contributed by atoms with E-state index < -0.39 is 0 Å². The van der Waals surface area contributed by atoms with E-state index in [4.69, 9.17) is 11.6 Å². The van der Waals surface area contributed by atoms with Crippen molar-refractivity contribution >= 4 is 33.9 Å². The maximum Gasteiger partial charge on any atom is 0.0693 e. The van der Waals surface area contributed by atoms with Gasteiger partial charge < -0.3 is 10.3 Å². The molecule has 0 unspecified atom stereocenters. The maximum atomic E-state index is 6.25. The summed E-state index contributed by atoms with van der Waals surface area (Å²) >= 11 is 6.25. The summed E-state index contributed by atoms with van der Waals surface area (Å²) in [4.78, 5) is 3.23. The lowest BCUT2D eigenvalue weighted by Crippen LogP contribution is -1.99. The molecule has 2 aromatic carbocycles. The number of hydrogen-bond acceptors (Lipinski definition) is 1. The van der Waals surface area contributed by atoms with Gasteiger partial charge in [-0.15, -0.1) is 0 Å². The minimum Gasteiger partial charge on any atom is -0.359 e. The van der Waals surface area contributed by atoms with Crippen molar-refractivity contribution in [2.24, 2.45) is 0 Å². The zero-order valence-corrected chi connectivity index (χ0v) is 12.0. The van der Waals surface area contributed by atoms with Gasteiger partial charge in [-0.3, -0.25) is 0 Å². The zero-order valence-electron chi connectivity index (χ0n) is 11.2. The molecule has 0 saturated carbocycles. The third-order valence-electron chi connectivity index (χ3n) is 3.32. The third-order valence-corrected chi connectivity index (χ3v) is 3.65. The molecule has 1 aromatic heterocycles. The second kappa shape index (κ2) is 5.06. The van der Waals surface area contributed by atoms with Gasteiger partial charge in [-0.2, -0.15) is 0 Å². The summed E-state index contributed by atoms with van der Waals surface area (Å²) in [6.07, 6.45) is 1.93. The first-order valence-electron chi connectivity index (χ1n) is 6.44. The first-order valence-corrected chi connectivity index (χ1v) is 6.81.